The molecular weight excluding hydrogens is 315 g/mol. The van der Waals surface area contributed by atoms with Crippen molar-refractivity contribution in [2.24, 2.45) is 5.92 Å². The third-order valence-corrected chi connectivity index (χ3v) is 4.44. The van der Waals surface area contributed by atoms with Crippen LogP contribution < -0.4 is 5.69 Å². The van der Waals surface area contributed by atoms with Crippen molar-refractivity contribution in [1.82, 2.24) is 9.55 Å². The highest BCUT2D eigenvalue weighted by Crippen LogP contribution is 2.33. The van der Waals surface area contributed by atoms with E-state index in [0.29, 0.717) is 34.1 Å². The monoisotopic (exact) mass is 328 g/mol. The summed E-state index contributed by atoms with van der Waals surface area (Å²) < 4.78 is 15.8. The maximum atomic E-state index is 14.2. The zero-order valence-electron chi connectivity index (χ0n) is 12.3. The molecule has 0 unspecified atom stereocenters. The Balaban J connectivity index is 2.03. The van der Waals surface area contributed by atoms with E-state index in [9.17, 15) is 9.18 Å². The number of benzene rings is 2. The summed E-state index contributed by atoms with van der Waals surface area (Å²) in [6.45, 7) is 0.654. The van der Waals surface area contributed by atoms with Crippen molar-refractivity contribution < 1.29 is 4.39 Å². The predicted molar refractivity (Wildman–Crippen MR) is 89.1 cm³/mol. The van der Waals surface area contributed by atoms with Gasteiger partial charge in [0.05, 0.1) is 11.2 Å². The van der Waals surface area contributed by atoms with E-state index in [1.807, 2.05) is 6.07 Å². The summed E-state index contributed by atoms with van der Waals surface area (Å²) >= 11 is 6.12. The Morgan fingerprint density at radius 3 is 2.74 bits per heavy atom. The highest BCUT2D eigenvalue weighted by atomic mass is 35.5. The lowest BCUT2D eigenvalue weighted by atomic mass is 10.1. The first-order valence-corrected chi connectivity index (χ1v) is 7.96. The van der Waals surface area contributed by atoms with Crippen LogP contribution in [0.3, 0.4) is 0 Å². The first kappa shape index (κ1) is 14.4. The summed E-state index contributed by atoms with van der Waals surface area (Å²) in [5.74, 6) is 0.133. The molecule has 1 heterocycles. The van der Waals surface area contributed by atoms with Crippen LogP contribution in [0.2, 0.25) is 5.02 Å². The molecule has 0 aliphatic heterocycles. The zero-order chi connectivity index (χ0) is 16.0. The van der Waals surface area contributed by atoms with E-state index in [2.05, 4.69) is 4.98 Å². The van der Waals surface area contributed by atoms with Crippen molar-refractivity contribution in [2.45, 2.75) is 19.4 Å². The number of rotatable bonds is 3. The Morgan fingerprint density at radius 1 is 1.22 bits per heavy atom. The molecule has 0 atom stereocenters. The van der Waals surface area contributed by atoms with Gasteiger partial charge in [0.2, 0.25) is 0 Å². The van der Waals surface area contributed by atoms with Gasteiger partial charge in [0.25, 0.3) is 0 Å². The molecule has 3 nitrogen and oxygen atoms in total. The van der Waals surface area contributed by atoms with E-state index in [4.69, 9.17) is 11.6 Å². The normalized spacial score (nSPS) is 14.3. The lowest BCUT2D eigenvalue weighted by Gasteiger charge is -2.13. The van der Waals surface area contributed by atoms with E-state index < -0.39 is 5.82 Å². The van der Waals surface area contributed by atoms with Crippen LogP contribution in [0.1, 0.15) is 12.8 Å². The van der Waals surface area contributed by atoms with Crippen molar-refractivity contribution in [3.8, 4) is 11.3 Å². The molecule has 1 aromatic heterocycles. The second kappa shape index (κ2) is 5.46. The summed E-state index contributed by atoms with van der Waals surface area (Å²) in [6, 6.07) is 11.6. The topological polar surface area (TPSA) is 34.9 Å². The Morgan fingerprint density at radius 2 is 2.00 bits per heavy atom. The van der Waals surface area contributed by atoms with Crippen LogP contribution in [0, 0.1) is 11.7 Å². The highest BCUT2D eigenvalue weighted by molar-refractivity contribution is 6.31. The van der Waals surface area contributed by atoms with E-state index in [1.54, 1.807) is 34.9 Å². The van der Waals surface area contributed by atoms with Crippen molar-refractivity contribution in [3.05, 3.63) is 63.8 Å². The minimum Gasteiger partial charge on any atom is -0.292 e. The zero-order valence-corrected chi connectivity index (χ0v) is 13.1. The average Bonchev–Trinajstić information content (AvgIpc) is 3.35. The lowest BCUT2D eigenvalue weighted by molar-refractivity contribution is 0.612. The van der Waals surface area contributed by atoms with Crippen LogP contribution >= 0.6 is 11.6 Å². The Bertz CT molecular complexity index is 963. The van der Waals surface area contributed by atoms with Crippen molar-refractivity contribution in [2.75, 3.05) is 0 Å². The number of fused-ring (bicyclic) bond motifs is 1. The van der Waals surface area contributed by atoms with Gasteiger partial charge in [0, 0.05) is 22.5 Å². The molecule has 23 heavy (non-hydrogen) atoms. The van der Waals surface area contributed by atoms with Crippen molar-refractivity contribution in [3.63, 3.8) is 0 Å². The molecular formula is C18H14ClFN2O. The first-order valence-electron chi connectivity index (χ1n) is 7.58. The summed E-state index contributed by atoms with van der Waals surface area (Å²) in [6.07, 6.45) is 2.27. The molecule has 3 aromatic rings. The molecule has 0 bridgehead atoms. The van der Waals surface area contributed by atoms with Crippen LogP contribution in [0.25, 0.3) is 22.2 Å². The molecule has 2 aromatic carbocycles. The summed E-state index contributed by atoms with van der Waals surface area (Å²) in [5.41, 5.74) is 1.07. The largest absolute Gasteiger partial charge is 0.348 e. The Labute approximate surface area is 137 Å². The molecule has 0 saturated heterocycles. The molecule has 1 saturated carbocycles. The van der Waals surface area contributed by atoms with Crippen LogP contribution in [0.5, 0.6) is 0 Å². The summed E-state index contributed by atoms with van der Waals surface area (Å²) in [5, 5.41) is 1.23. The van der Waals surface area contributed by atoms with Gasteiger partial charge in [0.1, 0.15) is 5.82 Å². The maximum Gasteiger partial charge on any atom is 0.348 e. The van der Waals surface area contributed by atoms with Gasteiger partial charge in [-0.3, -0.25) is 4.57 Å². The second-order valence-electron chi connectivity index (χ2n) is 5.94. The molecule has 0 amide bonds. The van der Waals surface area contributed by atoms with Gasteiger partial charge in [-0.15, -0.1) is 0 Å². The third kappa shape index (κ3) is 2.63. The Hall–Kier alpha value is -2.20. The molecule has 5 heteroatoms. The van der Waals surface area contributed by atoms with Crippen LogP contribution in [-0.4, -0.2) is 9.55 Å². The quantitative estimate of drug-likeness (QED) is 0.719. The predicted octanol–water partition coefficient (Wildman–Crippen LogP) is 4.27. The number of hydrogen-bond donors (Lipinski definition) is 0. The third-order valence-electron chi connectivity index (χ3n) is 4.21. The van der Waals surface area contributed by atoms with Gasteiger partial charge >= 0.3 is 5.69 Å². The van der Waals surface area contributed by atoms with E-state index in [0.717, 1.165) is 18.4 Å². The number of hydrogen-bond acceptors (Lipinski definition) is 2. The average molecular weight is 329 g/mol. The fourth-order valence-electron chi connectivity index (χ4n) is 2.85. The van der Waals surface area contributed by atoms with Gasteiger partial charge < -0.3 is 0 Å². The van der Waals surface area contributed by atoms with Gasteiger partial charge in [-0.2, -0.15) is 4.98 Å². The van der Waals surface area contributed by atoms with Gasteiger partial charge in [-0.25, -0.2) is 9.18 Å². The van der Waals surface area contributed by atoms with E-state index in [-0.39, 0.29) is 5.69 Å². The van der Waals surface area contributed by atoms with Gasteiger partial charge in [-0.05, 0) is 49.1 Å². The van der Waals surface area contributed by atoms with Crippen molar-refractivity contribution in [1.29, 1.82) is 0 Å². The maximum absolute atomic E-state index is 14.2. The summed E-state index contributed by atoms with van der Waals surface area (Å²) in [7, 11) is 0. The molecule has 0 spiro atoms. The number of nitrogens with zero attached hydrogens (tertiary/aromatic N) is 2. The second-order valence-corrected chi connectivity index (χ2v) is 6.37. The smallest absolute Gasteiger partial charge is 0.292 e. The molecule has 4 rings (SSSR count). The first-order chi connectivity index (χ1) is 11.1. The van der Waals surface area contributed by atoms with Crippen LogP contribution in [0.4, 0.5) is 4.39 Å². The molecule has 0 N–H and O–H groups in total. The molecule has 116 valence electrons. The minimum atomic E-state index is -0.402. The summed E-state index contributed by atoms with van der Waals surface area (Å²) in [4.78, 5) is 16.6. The SMILES string of the molecule is O=c1nc(-c2ccccc2F)c2cc(Cl)ccc2n1CC1CC1. The van der Waals surface area contributed by atoms with Crippen LogP contribution in [-0.2, 0) is 6.54 Å². The van der Waals surface area contributed by atoms with Gasteiger partial charge in [-0.1, -0.05) is 23.7 Å². The minimum absolute atomic E-state index is 0.315. The fraction of sp³-hybridized carbons (Fsp3) is 0.222. The fourth-order valence-corrected chi connectivity index (χ4v) is 3.02. The highest BCUT2D eigenvalue weighted by Gasteiger charge is 2.24. The molecule has 0 radical (unpaired) electrons. The van der Waals surface area contributed by atoms with Crippen molar-refractivity contribution >= 4 is 22.5 Å². The van der Waals surface area contributed by atoms with Crippen LogP contribution in [0.15, 0.2) is 47.3 Å². The molecule has 1 fully saturated rings. The number of halogens is 2. The number of aromatic nitrogens is 2. The van der Waals surface area contributed by atoms with E-state index >= 15 is 0 Å². The molecule has 1 aliphatic rings. The molecule has 1 aliphatic carbocycles. The Kier molecular flexibility index (Phi) is 3.42. The lowest BCUT2D eigenvalue weighted by Crippen LogP contribution is -2.25. The van der Waals surface area contributed by atoms with Gasteiger partial charge in [0.15, 0.2) is 0 Å². The van der Waals surface area contributed by atoms with E-state index in [1.165, 1.54) is 6.07 Å². The standard InChI is InChI=1S/C18H14ClFN2O/c19-12-7-8-16-14(9-12)17(13-3-1-2-4-15(13)20)21-18(23)22(16)10-11-5-6-11/h1-4,7-9,11H,5-6,10H2.